The van der Waals surface area contributed by atoms with Crippen LogP contribution in [0.5, 0.6) is 0 Å². The first-order chi connectivity index (χ1) is 6.97. The van der Waals surface area contributed by atoms with Crippen LogP contribution in [0.1, 0.15) is 0 Å². The Morgan fingerprint density at radius 2 is 1.93 bits per heavy atom. The molecule has 1 aromatic heterocycles. The first kappa shape index (κ1) is 9.97. The van der Waals surface area contributed by atoms with E-state index in [1.54, 1.807) is 0 Å². The molecule has 78 valence electrons. The normalized spacial score (nSPS) is 11.9. The zero-order valence-electron chi connectivity index (χ0n) is 7.31. The molecule has 0 bridgehead atoms. The van der Waals surface area contributed by atoms with Crippen molar-refractivity contribution in [2.24, 2.45) is 0 Å². The largest absolute Gasteiger partial charge is 0.332 e. The first-order valence-corrected chi connectivity index (χ1v) is 5.35. The zero-order valence-corrected chi connectivity index (χ0v) is 8.13. The fraction of sp³-hybridized carbons (Fsp3) is 0. The van der Waals surface area contributed by atoms with Crippen molar-refractivity contribution >= 4 is 21.1 Å². The van der Waals surface area contributed by atoms with Crippen molar-refractivity contribution in [1.29, 1.82) is 0 Å². The molecule has 6 heteroatoms. The maximum absolute atomic E-state index is 12.8. The molecule has 0 aliphatic carbocycles. The summed E-state index contributed by atoms with van der Waals surface area (Å²) in [6, 6.07) is 4.54. The molecule has 0 fully saturated rings. The van der Waals surface area contributed by atoms with Gasteiger partial charge in [-0.25, -0.2) is 4.39 Å². The number of pyridine rings is 1. The lowest BCUT2D eigenvalue weighted by Crippen LogP contribution is -1.92. The SMILES string of the molecule is O=S(=O)(F)c1ccc2ncc(F)cc2c1. The van der Waals surface area contributed by atoms with Crippen molar-refractivity contribution in [3.8, 4) is 0 Å². The number of halogens is 2. The Kier molecular flexibility index (Phi) is 2.15. The third kappa shape index (κ3) is 1.94. The molecule has 1 heterocycles. The van der Waals surface area contributed by atoms with E-state index in [1.165, 1.54) is 6.07 Å². The molecule has 0 spiro atoms. The van der Waals surface area contributed by atoms with E-state index < -0.39 is 20.9 Å². The molecule has 3 nitrogen and oxygen atoms in total. The highest BCUT2D eigenvalue weighted by Crippen LogP contribution is 2.19. The predicted molar refractivity (Wildman–Crippen MR) is 50.0 cm³/mol. The highest BCUT2D eigenvalue weighted by molar-refractivity contribution is 7.86. The molecule has 0 radical (unpaired) electrons. The van der Waals surface area contributed by atoms with Gasteiger partial charge in [-0.05, 0) is 24.3 Å². The van der Waals surface area contributed by atoms with Gasteiger partial charge >= 0.3 is 10.2 Å². The molecule has 0 saturated carbocycles. The Bertz CT molecular complexity index is 625. The van der Waals surface area contributed by atoms with Gasteiger partial charge in [0, 0.05) is 5.39 Å². The van der Waals surface area contributed by atoms with E-state index in [-0.39, 0.29) is 5.39 Å². The van der Waals surface area contributed by atoms with Crippen LogP contribution >= 0.6 is 0 Å². The van der Waals surface area contributed by atoms with E-state index in [0.717, 1.165) is 24.4 Å². The monoisotopic (exact) mass is 229 g/mol. The Balaban J connectivity index is 2.75. The van der Waals surface area contributed by atoms with Crippen LogP contribution in [0, 0.1) is 5.82 Å². The summed E-state index contributed by atoms with van der Waals surface area (Å²) < 4.78 is 46.5. The molecule has 0 aliphatic rings. The Hall–Kier alpha value is -1.56. The average molecular weight is 229 g/mol. The van der Waals surface area contributed by atoms with Crippen molar-refractivity contribution in [3.05, 3.63) is 36.3 Å². The summed E-state index contributed by atoms with van der Waals surface area (Å²) in [7, 11) is -4.76. The van der Waals surface area contributed by atoms with Crippen LogP contribution in [-0.2, 0) is 10.2 Å². The summed E-state index contributed by atoms with van der Waals surface area (Å²) >= 11 is 0. The molecule has 0 amide bonds. The molecule has 0 saturated heterocycles. The number of nitrogens with zero attached hydrogens (tertiary/aromatic N) is 1. The summed E-state index contributed by atoms with van der Waals surface area (Å²) in [6.07, 6.45) is 1.01. The van der Waals surface area contributed by atoms with Crippen molar-refractivity contribution in [2.75, 3.05) is 0 Å². The molecule has 2 rings (SSSR count). The fourth-order valence-electron chi connectivity index (χ4n) is 1.23. The Morgan fingerprint density at radius 3 is 2.60 bits per heavy atom. The van der Waals surface area contributed by atoms with Gasteiger partial charge in [-0.15, -0.1) is 3.89 Å². The van der Waals surface area contributed by atoms with Crippen LogP contribution in [0.3, 0.4) is 0 Å². The molecule has 0 N–H and O–H groups in total. The highest BCUT2D eigenvalue weighted by atomic mass is 32.3. The maximum atomic E-state index is 12.8. The minimum absolute atomic E-state index is 0.244. The van der Waals surface area contributed by atoms with E-state index in [1.807, 2.05) is 0 Å². The Labute approximate surface area is 84.6 Å². The molecule has 0 unspecified atom stereocenters. The summed E-state index contributed by atoms with van der Waals surface area (Å²) in [5.74, 6) is -0.601. The van der Waals surface area contributed by atoms with Crippen molar-refractivity contribution < 1.29 is 16.7 Å². The van der Waals surface area contributed by atoms with Gasteiger partial charge in [-0.3, -0.25) is 4.98 Å². The number of aromatic nitrogens is 1. The first-order valence-electron chi connectivity index (χ1n) is 3.97. The number of fused-ring (bicyclic) bond motifs is 1. The number of hydrogen-bond donors (Lipinski definition) is 0. The lowest BCUT2D eigenvalue weighted by atomic mass is 10.2. The Morgan fingerprint density at radius 1 is 1.20 bits per heavy atom. The van der Waals surface area contributed by atoms with Crippen LogP contribution in [0.25, 0.3) is 10.9 Å². The van der Waals surface area contributed by atoms with Crippen molar-refractivity contribution in [3.63, 3.8) is 0 Å². The smallest absolute Gasteiger partial charge is 0.253 e. The minimum atomic E-state index is -4.76. The van der Waals surface area contributed by atoms with Gasteiger partial charge in [0.1, 0.15) is 5.82 Å². The minimum Gasteiger partial charge on any atom is -0.253 e. The van der Waals surface area contributed by atoms with Crippen LogP contribution in [0.4, 0.5) is 8.28 Å². The van der Waals surface area contributed by atoms with E-state index in [2.05, 4.69) is 4.98 Å². The van der Waals surface area contributed by atoms with Crippen LogP contribution in [0.15, 0.2) is 35.4 Å². The summed E-state index contributed by atoms with van der Waals surface area (Å²) in [4.78, 5) is 3.21. The van der Waals surface area contributed by atoms with Gasteiger partial charge in [-0.1, -0.05) is 0 Å². The standard InChI is InChI=1S/C9H5F2NO2S/c10-7-3-6-4-8(15(11,13)14)1-2-9(6)12-5-7/h1-5H. The van der Waals surface area contributed by atoms with Gasteiger partial charge in [0.05, 0.1) is 16.6 Å². The number of benzene rings is 1. The molecule has 15 heavy (non-hydrogen) atoms. The van der Waals surface area contributed by atoms with E-state index in [0.29, 0.717) is 5.52 Å². The van der Waals surface area contributed by atoms with E-state index >= 15 is 0 Å². The molecule has 2 aromatic rings. The van der Waals surface area contributed by atoms with Crippen molar-refractivity contribution in [2.45, 2.75) is 4.90 Å². The van der Waals surface area contributed by atoms with E-state index in [9.17, 15) is 16.7 Å². The average Bonchev–Trinajstić information content (AvgIpc) is 2.15. The van der Waals surface area contributed by atoms with Gasteiger partial charge in [0.25, 0.3) is 0 Å². The molecule has 0 atom stereocenters. The van der Waals surface area contributed by atoms with Gasteiger partial charge < -0.3 is 0 Å². The highest BCUT2D eigenvalue weighted by Gasteiger charge is 2.12. The maximum Gasteiger partial charge on any atom is 0.332 e. The number of hydrogen-bond acceptors (Lipinski definition) is 3. The van der Waals surface area contributed by atoms with Gasteiger partial charge in [-0.2, -0.15) is 8.42 Å². The third-order valence-corrected chi connectivity index (χ3v) is 2.72. The second kappa shape index (κ2) is 3.23. The quantitative estimate of drug-likeness (QED) is 0.703. The van der Waals surface area contributed by atoms with Gasteiger partial charge in [0.2, 0.25) is 0 Å². The summed E-state index contributed by atoms with van der Waals surface area (Å²) in [5, 5.41) is 0.244. The van der Waals surface area contributed by atoms with E-state index in [4.69, 9.17) is 0 Å². The predicted octanol–water partition coefficient (Wildman–Crippen LogP) is 2.03. The second-order valence-corrected chi connectivity index (χ2v) is 4.29. The lowest BCUT2D eigenvalue weighted by Gasteiger charge is -1.99. The van der Waals surface area contributed by atoms with Crippen LogP contribution in [-0.4, -0.2) is 13.4 Å². The summed E-state index contributed by atoms with van der Waals surface area (Å²) in [6.45, 7) is 0. The lowest BCUT2D eigenvalue weighted by molar-refractivity contribution is 0.552. The van der Waals surface area contributed by atoms with Crippen molar-refractivity contribution in [1.82, 2.24) is 4.98 Å². The topological polar surface area (TPSA) is 47.0 Å². The summed E-state index contributed by atoms with van der Waals surface area (Å²) in [5.41, 5.74) is 0.406. The van der Waals surface area contributed by atoms with Gasteiger partial charge in [0.15, 0.2) is 0 Å². The second-order valence-electron chi connectivity index (χ2n) is 2.95. The fourth-order valence-corrected chi connectivity index (χ4v) is 1.73. The molecule has 0 aliphatic heterocycles. The third-order valence-electron chi connectivity index (χ3n) is 1.90. The number of rotatable bonds is 1. The molecular weight excluding hydrogens is 224 g/mol. The van der Waals surface area contributed by atoms with Crippen LogP contribution in [0.2, 0.25) is 0 Å². The molecular formula is C9H5F2NO2S. The molecule has 1 aromatic carbocycles. The van der Waals surface area contributed by atoms with Crippen LogP contribution < -0.4 is 0 Å². The zero-order chi connectivity index (χ0) is 11.1.